The average Bonchev–Trinajstić information content (AvgIpc) is 2.71. The van der Waals surface area contributed by atoms with Crippen molar-refractivity contribution in [1.29, 1.82) is 5.26 Å². The lowest BCUT2D eigenvalue weighted by Crippen LogP contribution is -2.37. The number of hydrogen-bond acceptors (Lipinski definition) is 2. The zero-order chi connectivity index (χ0) is 15.2. The van der Waals surface area contributed by atoms with Crippen molar-refractivity contribution < 1.29 is 18.0 Å². The van der Waals surface area contributed by atoms with Crippen molar-refractivity contribution in [3.05, 3.63) is 42.0 Å². The Morgan fingerprint density at radius 3 is 2.48 bits per heavy atom. The van der Waals surface area contributed by atoms with Crippen molar-refractivity contribution in [2.45, 2.75) is 6.18 Å². The topological polar surface area (TPSA) is 44.1 Å². The van der Waals surface area contributed by atoms with Gasteiger partial charge in [0.05, 0.1) is 18.3 Å². The molecule has 21 heavy (non-hydrogen) atoms. The molecule has 3 nitrogen and oxygen atoms in total. The summed E-state index contributed by atoms with van der Waals surface area (Å²) in [6, 6.07) is 11.4. The minimum Gasteiger partial charge on any atom is -0.306 e. The van der Waals surface area contributed by atoms with E-state index >= 15 is 0 Å². The zero-order valence-electron chi connectivity index (χ0n) is 10.7. The molecular weight excluding hydrogens is 281 g/mol. The number of halogens is 3. The van der Waals surface area contributed by atoms with E-state index in [1.54, 1.807) is 36.4 Å². The second-order valence-corrected chi connectivity index (χ2v) is 4.82. The van der Waals surface area contributed by atoms with E-state index in [4.69, 9.17) is 5.26 Å². The van der Waals surface area contributed by atoms with Crippen LogP contribution in [-0.2, 0) is 0 Å². The van der Waals surface area contributed by atoms with Crippen LogP contribution in [0.25, 0.3) is 10.8 Å². The highest BCUT2D eigenvalue weighted by Crippen LogP contribution is 2.38. The molecule has 3 rings (SSSR count). The van der Waals surface area contributed by atoms with Gasteiger partial charge in [0, 0.05) is 10.9 Å². The van der Waals surface area contributed by atoms with Gasteiger partial charge in [-0.25, -0.2) is 0 Å². The van der Waals surface area contributed by atoms with E-state index in [9.17, 15) is 18.0 Å². The molecule has 1 heterocycles. The summed E-state index contributed by atoms with van der Waals surface area (Å²) in [5.41, 5.74) is 0.805. The second kappa shape index (κ2) is 4.48. The molecule has 1 unspecified atom stereocenters. The summed E-state index contributed by atoms with van der Waals surface area (Å²) in [6.07, 6.45) is -4.66. The van der Waals surface area contributed by atoms with Crippen LogP contribution < -0.4 is 4.90 Å². The highest BCUT2D eigenvalue weighted by molar-refractivity contribution is 6.25. The Morgan fingerprint density at radius 2 is 1.86 bits per heavy atom. The zero-order valence-corrected chi connectivity index (χ0v) is 10.7. The quantitative estimate of drug-likeness (QED) is 0.849. The first-order chi connectivity index (χ1) is 9.93. The van der Waals surface area contributed by atoms with E-state index in [0.717, 1.165) is 10.3 Å². The summed E-state index contributed by atoms with van der Waals surface area (Å²) in [5, 5.41) is 10.1. The first-order valence-electron chi connectivity index (χ1n) is 6.23. The van der Waals surface area contributed by atoms with Gasteiger partial charge in [0.15, 0.2) is 5.92 Å². The number of carbonyl (C=O) groups is 1. The maximum absolute atomic E-state index is 12.8. The van der Waals surface area contributed by atoms with E-state index in [-0.39, 0.29) is 0 Å². The Balaban J connectivity index is 2.07. The summed E-state index contributed by atoms with van der Waals surface area (Å²) in [4.78, 5) is 13.3. The van der Waals surface area contributed by atoms with E-state index in [2.05, 4.69) is 0 Å². The van der Waals surface area contributed by atoms with Gasteiger partial charge in [0.25, 0.3) is 5.91 Å². The third-order valence-electron chi connectivity index (χ3n) is 3.57. The van der Waals surface area contributed by atoms with Crippen molar-refractivity contribution in [1.82, 2.24) is 0 Å². The monoisotopic (exact) mass is 290 g/mol. The molecule has 0 saturated carbocycles. The summed E-state index contributed by atoms with van der Waals surface area (Å²) in [7, 11) is 0. The molecule has 1 amide bonds. The fraction of sp³-hybridized carbons (Fsp3) is 0.200. The Labute approximate surface area is 118 Å². The van der Waals surface area contributed by atoms with Gasteiger partial charge >= 0.3 is 6.18 Å². The average molecular weight is 290 g/mol. The molecule has 0 fully saturated rings. The molecule has 0 radical (unpaired) electrons. The van der Waals surface area contributed by atoms with E-state index < -0.39 is 24.5 Å². The standard InChI is InChI=1S/C15H9F3N2O/c16-15(17,18)10(7-19)8-20-12-6-2-4-9-3-1-5-11(13(9)12)14(20)21/h1-6,10H,8H2. The number of benzene rings is 2. The van der Waals surface area contributed by atoms with Gasteiger partial charge in [-0.05, 0) is 17.5 Å². The molecule has 0 saturated heterocycles. The third kappa shape index (κ3) is 2.02. The van der Waals surface area contributed by atoms with Crippen LogP contribution in [0.1, 0.15) is 10.4 Å². The molecule has 0 N–H and O–H groups in total. The number of nitriles is 1. The van der Waals surface area contributed by atoms with E-state index in [1.165, 1.54) is 6.07 Å². The normalized spacial score (nSPS) is 15.3. The lowest BCUT2D eigenvalue weighted by atomic mass is 10.1. The number of rotatable bonds is 2. The summed E-state index contributed by atoms with van der Waals surface area (Å²) >= 11 is 0. The highest BCUT2D eigenvalue weighted by atomic mass is 19.4. The fourth-order valence-corrected chi connectivity index (χ4v) is 2.56. The Bertz CT molecular complexity index is 771. The smallest absolute Gasteiger partial charge is 0.306 e. The lowest BCUT2D eigenvalue weighted by Gasteiger charge is -2.22. The van der Waals surface area contributed by atoms with Gasteiger partial charge in [-0.3, -0.25) is 4.79 Å². The van der Waals surface area contributed by atoms with Crippen LogP contribution >= 0.6 is 0 Å². The lowest BCUT2D eigenvalue weighted by molar-refractivity contribution is -0.156. The molecule has 0 aliphatic carbocycles. The van der Waals surface area contributed by atoms with Gasteiger partial charge in [0.2, 0.25) is 0 Å². The van der Waals surface area contributed by atoms with Crippen molar-refractivity contribution in [2.75, 3.05) is 11.4 Å². The number of alkyl halides is 3. The van der Waals surface area contributed by atoms with Gasteiger partial charge in [-0.1, -0.05) is 24.3 Å². The first kappa shape index (κ1) is 13.4. The molecule has 0 aromatic heterocycles. The Kier molecular flexibility index (Phi) is 2.87. The third-order valence-corrected chi connectivity index (χ3v) is 3.57. The van der Waals surface area contributed by atoms with Crippen LogP contribution in [0.5, 0.6) is 0 Å². The molecule has 1 atom stereocenters. The summed E-state index contributed by atoms with van der Waals surface area (Å²) in [5.74, 6) is -2.70. The Morgan fingerprint density at radius 1 is 1.19 bits per heavy atom. The van der Waals surface area contributed by atoms with E-state index in [1.807, 2.05) is 0 Å². The molecule has 0 bridgehead atoms. The molecule has 1 aliphatic rings. The molecule has 1 aliphatic heterocycles. The molecule has 106 valence electrons. The SMILES string of the molecule is N#CC(CN1C(=O)c2cccc3cccc1c23)C(F)(F)F. The van der Waals surface area contributed by atoms with Gasteiger partial charge in [0.1, 0.15) is 0 Å². The number of amides is 1. The Hall–Kier alpha value is -2.55. The molecule has 0 spiro atoms. The van der Waals surface area contributed by atoms with Crippen LogP contribution in [0.3, 0.4) is 0 Å². The van der Waals surface area contributed by atoms with Gasteiger partial charge < -0.3 is 4.90 Å². The minimum absolute atomic E-state index is 0.377. The fourth-order valence-electron chi connectivity index (χ4n) is 2.56. The van der Waals surface area contributed by atoms with E-state index in [0.29, 0.717) is 16.6 Å². The largest absolute Gasteiger partial charge is 0.406 e. The van der Waals surface area contributed by atoms with Crippen molar-refractivity contribution in [3.8, 4) is 6.07 Å². The first-order valence-corrected chi connectivity index (χ1v) is 6.23. The van der Waals surface area contributed by atoms with Crippen molar-refractivity contribution in [3.63, 3.8) is 0 Å². The number of anilines is 1. The van der Waals surface area contributed by atoms with Gasteiger partial charge in [-0.15, -0.1) is 0 Å². The molecular formula is C15H9F3N2O. The van der Waals surface area contributed by atoms with Gasteiger partial charge in [-0.2, -0.15) is 18.4 Å². The molecule has 2 aromatic carbocycles. The predicted molar refractivity (Wildman–Crippen MR) is 70.8 cm³/mol. The number of hydrogen-bond donors (Lipinski definition) is 0. The number of nitrogens with zero attached hydrogens (tertiary/aromatic N) is 2. The van der Waals surface area contributed by atoms with Crippen LogP contribution in [-0.4, -0.2) is 18.6 Å². The predicted octanol–water partition coefficient (Wildman–Crippen LogP) is 3.50. The van der Waals surface area contributed by atoms with Crippen LogP contribution in [0.2, 0.25) is 0 Å². The number of carbonyl (C=O) groups excluding carboxylic acids is 1. The highest BCUT2D eigenvalue weighted by Gasteiger charge is 2.43. The van der Waals surface area contributed by atoms with Crippen molar-refractivity contribution >= 4 is 22.4 Å². The maximum atomic E-state index is 12.8. The molecule has 2 aromatic rings. The maximum Gasteiger partial charge on any atom is 0.406 e. The minimum atomic E-state index is -4.66. The second-order valence-electron chi connectivity index (χ2n) is 4.82. The van der Waals surface area contributed by atoms with Crippen LogP contribution in [0, 0.1) is 17.2 Å². The van der Waals surface area contributed by atoms with Crippen LogP contribution in [0.15, 0.2) is 36.4 Å². The van der Waals surface area contributed by atoms with Crippen LogP contribution in [0.4, 0.5) is 18.9 Å². The van der Waals surface area contributed by atoms with Crippen molar-refractivity contribution in [2.24, 2.45) is 5.92 Å². The summed E-state index contributed by atoms with van der Waals surface area (Å²) < 4.78 is 38.3. The summed E-state index contributed by atoms with van der Waals surface area (Å²) in [6.45, 7) is -0.688. The molecule has 6 heteroatoms.